The molecule has 0 spiro atoms. The van der Waals surface area contributed by atoms with Crippen LogP contribution in [0.25, 0.3) is 0 Å². The van der Waals surface area contributed by atoms with Gasteiger partial charge in [-0.2, -0.15) is 0 Å². The molecule has 1 aliphatic carbocycles. The molecule has 1 fully saturated rings. The number of hydrogen-bond donors (Lipinski definition) is 1. The highest BCUT2D eigenvalue weighted by atomic mass is 35.5. The highest BCUT2D eigenvalue weighted by molar-refractivity contribution is 6.39. The van der Waals surface area contributed by atoms with E-state index in [4.69, 9.17) is 23.2 Å². The topological polar surface area (TPSA) is 12.0 Å². The molecule has 1 saturated carbocycles. The molecule has 13 heavy (non-hydrogen) atoms. The van der Waals surface area contributed by atoms with Gasteiger partial charge in [-0.05, 0) is 25.0 Å². The summed E-state index contributed by atoms with van der Waals surface area (Å²) in [6.45, 7) is 0. The Morgan fingerprint density at radius 3 is 2.23 bits per heavy atom. The minimum absolute atomic E-state index is 0.344. The van der Waals surface area contributed by atoms with Gasteiger partial charge in [0.05, 0.1) is 15.7 Å². The van der Waals surface area contributed by atoms with Crippen LogP contribution in [0.5, 0.6) is 0 Å². The Morgan fingerprint density at radius 2 is 1.77 bits per heavy atom. The monoisotopic (exact) mass is 219 g/mol. The van der Waals surface area contributed by atoms with Gasteiger partial charge in [0.1, 0.15) is 5.82 Å². The zero-order valence-corrected chi connectivity index (χ0v) is 8.29. The molecule has 0 saturated heterocycles. The SMILES string of the molecule is Fc1cc(Cl)c(NC2CC2)c(Cl)c1. The third-order valence-corrected chi connectivity index (χ3v) is 2.53. The number of halogens is 3. The number of rotatable bonds is 2. The van der Waals surface area contributed by atoms with E-state index in [1.807, 2.05) is 0 Å². The van der Waals surface area contributed by atoms with Crippen molar-refractivity contribution in [2.75, 3.05) is 5.32 Å². The third kappa shape index (κ3) is 2.06. The fraction of sp³-hybridized carbons (Fsp3) is 0.333. The van der Waals surface area contributed by atoms with Crippen molar-refractivity contribution in [3.05, 3.63) is 28.0 Å². The molecule has 0 radical (unpaired) electrons. The molecule has 1 aromatic rings. The molecule has 1 aliphatic rings. The molecule has 0 heterocycles. The Bertz CT molecular complexity index is 313. The van der Waals surface area contributed by atoms with Gasteiger partial charge in [0, 0.05) is 6.04 Å². The van der Waals surface area contributed by atoms with Gasteiger partial charge in [0.2, 0.25) is 0 Å². The zero-order valence-electron chi connectivity index (χ0n) is 6.78. The second-order valence-corrected chi connectivity index (χ2v) is 3.98. The zero-order chi connectivity index (χ0) is 9.42. The molecule has 0 amide bonds. The smallest absolute Gasteiger partial charge is 0.126 e. The number of anilines is 1. The lowest BCUT2D eigenvalue weighted by atomic mass is 10.3. The van der Waals surface area contributed by atoms with E-state index in [1.165, 1.54) is 12.1 Å². The molecule has 0 bridgehead atoms. The summed E-state index contributed by atoms with van der Waals surface area (Å²) in [6, 6.07) is 2.98. The van der Waals surface area contributed by atoms with Crippen molar-refractivity contribution in [2.24, 2.45) is 0 Å². The average Bonchev–Trinajstić information content (AvgIpc) is 2.79. The fourth-order valence-electron chi connectivity index (χ4n) is 1.11. The first-order chi connectivity index (χ1) is 6.16. The van der Waals surface area contributed by atoms with Crippen LogP contribution in [0, 0.1) is 5.82 Å². The maximum atomic E-state index is 12.8. The van der Waals surface area contributed by atoms with E-state index in [0.717, 1.165) is 12.8 Å². The fourth-order valence-corrected chi connectivity index (χ4v) is 1.68. The van der Waals surface area contributed by atoms with Gasteiger partial charge < -0.3 is 5.32 Å². The van der Waals surface area contributed by atoms with Gasteiger partial charge >= 0.3 is 0 Å². The first-order valence-corrected chi connectivity index (χ1v) is 4.83. The van der Waals surface area contributed by atoms with E-state index in [0.29, 0.717) is 21.8 Å². The van der Waals surface area contributed by atoms with Gasteiger partial charge in [-0.1, -0.05) is 23.2 Å². The molecule has 1 aromatic carbocycles. The van der Waals surface area contributed by atoms with Gasteiger partial charge in [0.15, 0.2) is 0 Å². The van der Waals surface area contributed by atoms with Gasteiger partial charge in [0.25, 0.3) is 0 Å². The van der Waals surface area contributed by atoms with E-state index in [-0.39, 0.29) is 0 Å². The molecule has 0 unspecified atom stereocenters. The summed E-state index contributed by atoms with van der Waals surface area (Å²) in [4.78, 5) is 0. The van der Waals surface area contributed by atoms with E-state index in [9.17, 15) is 4.39 Å². The van der Waals surface area contributed by atoms with Crippen LogP contribution in [0.4, 0.5) is 10.1 Å². The van der Waals surface area contributed by atoms with Crippen molar-refractivity contribution in [1.82, 2.24) is 0 Å². The van der Waals surface area contributed by atoms with Crippen molar-refractivity contribution < 1.29 is 4.39 Å². The van der Waals surface area contributed by atoms with Crippen LogP contribution in [0.2, 0.25) is 10.0 Å². The van der Waals surface area contributed by atoms with Gasteiger partial charge in [-0.15, -0.1) is 0 Å². The predicted octanol–water partition coefficient (Wildman–Crippen LogP) is 3.71. The summed E-state index contributed by atoms with van der Waals surface area (Å²) in [6.07, 6.45) is 2.26. The van der Waals surface area contributed by atoms with E-state index in [2.05, 4.69) is 5.32 Å². The normalized spacial score (nSPS) is 15.9. The van der Waals surface area contributed by atoms with Gasteiger partial charge in [-0.25, -0.2) is 4.39 Å². The summed E-state index contributed by atoms with van der Waals surface area (Å²) < 4.78 is 12.8. The highest BCUT2D eigenvalue weighted by Gasteiger charge is 2.23. The first-order valence-electron chi connectivity index (χ1n) is 4.08. The third-order valence-electron chi connectivity index (χ3n) is 1.93. The average molecular weight is 220 g/mol. The highest BCUT2D eigenvalue weighted by Crippen LogP contribution is 2.35. The summed E-state index contributed by atoms with van der Waals surface area (Å²) in [5.41, 5.74) is 0.646. The van der Waals surface area contributed by atoms with Gasteiger partial charge in [-0.3, -0.25) is 0 Å². The summed E-state index contributed by atoms with van der Waals surface area (Å²) >= 11 is 11.6. The molecule has 1 nitrogen and oxygen atoms in total. The van der Waals surface area contributed by atoms with Crippen molar-refractivity contribution in [1.29, 1.82) is 0 Å². The molecule has 0 aromatic heterocycles. The van der Waals surface area contributed by atoms with Crippen LogP contribution >= 0.6 is 23.2 Å². The number of benzene rings is 1. The lowest BCUT2D eigenvalue weighted by Crippen LogP contribution is -2.02. The van der Waals surface area contributed by atoms with Crippen LogP contribution < -0.4 is 5.32 Å². The number of hydrogen-bond acceptors (Lipinski definition) is 1. The first kappa shape index (κ1) is 9.10. The second-order valence-electron chi connectivity index (χ2n) is 3.16. The number of nitrogens with one attached hydrogen (secondary N) is 1. The molecule has 2 rings (SSSR count). The molecular weight excluding hydrogens is 212 g/mol. The van der Waals surface area contributed by atoms with Crippen LogP contribution in [-0.2, 0) is 0 Å². The molecule has 1 N–H and O–H groups in total. The second kappa shape index (κ2) is 3.35. The van der Waals surface area contributed by atoms with Crippen LogP contribution in [0.1, 0.15) is 12.8 Å². The quantitative estimate of drug-likeness (QED) is 0.800. The summed E-state index contributed by atoms with van der Waals surface area (Å²) in [5.74, 6) is -0.406. The summed E-state index contributed by atoms with van der Waals surface area (Å²) in [5, 5.41) is 3.84. The largest absolute Gasteiger partial charge is 0.380 e. The minimum atomic E-state index is -0.406. The van der Waals surface area contributed by atoms with Crippen molar-refractivity contribution in [3.63, 3.8) is 0 Å². The molecule has 0 aliphatic heterocycles. The Hall–Kier alpha value is -0.470. The van der Waals surface area contributed by atoms with Crippen LogP contribution in [-0.4, -0.2) is 6.04 Å². The van der Waals surface area contributed by atoms with E-state index >= 15 is 0 Å². The van der Waals surface area contributed by atoms with Crippen LogP contribution in [0.15, 0.2) is 12.1 Å². The molecule has 70 valence electrons. The summed E-state index contributed by atoms with van der Waals surface area (Å²) in [7, 11) is 0. The van der Waals surface area contributed by atoms with E-state index in [1.54, 1.807) is 0 Å². The Kier molecular flexibility index (Phi) is 2.35. The van der Waals surface area contributed by atoms with E-state index < -0.39 is 5.82 Å². The predicted molar refractivity (Wildman–Crippen MR) is 53.1 cm³/mol. The standard InChI is InChI=1S/C9H8Cl2FN/c10-7-3-5(12)4-8(11)9(7)13-6-1-2-6/h3-4,6,13H,1-2H2. The lowest BCUT2D eigenvalue weighted by molar-refractivity contribution is 0.628. The molecule has 4 heteroatoms. The lowest BCUT2D eigenvalue weighted by Gasteiger charge is -2.08. The molecular formula is C9H8Cl2FN. The Labute approximate surface area is 85.8 Å². The molecule has 0 atom stereocenters. The van der Waals surface area contributed by atoms with Crippen molar-refractivity contribution in [2.45, 2.75) is 18.9 Å². The minimum Gasteiger partial charge on any atom is -0.380 e. The Morgan fingerprint density at radius 1 is 1.23 bits per heavy atom. The van der Waals surface area contributed by atoms with Crippen molar-refractivity contribution >= 4 is 28.9 Å². The van der Waals surface area contributed by atoms with Crippen molar-refractivity contribution in [3.8, 4) is 0 Å². The Balaban J connectivity index is 2.31. The van der Waals surface area contributed by atoms with Crippen LogP contribution in [0.3, 0.4) is 0 Å². The maximum Gasteiger partial charge on any atom is 0.126 e. The maximum absolute atomic E-state index is 12.8.